The van der Waals surface area contributed by atoms with E-state index in [0.717, 1.165) is 23.7 Å². The lowest BCUT2D eigenvalue weighted by molar-refractivity contribution is -0.139. The minimum atomic E-state index is -4.43. The molecule has 4 nitrogen and oxygen atoms in total. The molecule has 0 aliphatic carbocycles. The van der Waals surface area contributed by atoms with Gasteiger partial charge in [0.2, 0.25) is 0 Å². The minimum absolute atomic E-state index is 0.0740. The van der Waals surface area contributed by atoms with E-state index >= 15 is 0 Å². The van der Waals surface area contributed by atoms with Crippen molar-refractivity contribution in [2.75, 3.05) is 0 Å². The maximum atomic E-state index is 12.7. The molecule has 0 atom stereocenters. The van der Waals surface area contributed by atoms with Gasteiger partial charge in [0.05, 0.1) is 28.0 Å². The maximum Gasteiger partial charge on any atom is 0.416 e. The largest absolute Gasteiger partial charge is 0.456 e. The number of benzene rings is 2. The van der Waals surface area contributed by atoms with Gasteiger partial charge in [-0.2, -0.15) is 13.2 Å². The Morgan fingerprint density at radius 2 is 1.78 bits per heavy atom. The smallest absolute Gasteiger partial charge is 0.416 e. The van der Waals surface area contributed by atoms with Crippen LogP contribution in [0.5, 0.6) is 0 Å². The van der Waals surface area contributed by atoms with Crippen LogP contribution in [0.25, 0.3) is 17.1 Å². The first-order valence-corrected chi connectivity index (χ1v) is 8.07. The van der Waals surface area contributed by atoms with Crippen molar-refractivity contribution in [1.29, 1.82) is 0 Å². The zero-order valence-corrected chi connectivity index (χ0v) is 14.3. The molecule has 0 N–H and O–H groups in total. The molecule has 1 aromatic heterocycles. The number of aromatic nitrogens is 2. The van der Waals surface area contributed by atoms with Gasteiger partial charge in [0, 0.05) is 6.08 Å². The zero-order chi connectivity index (χ0) is 19.4. The second kappa shape index (κ2) is 7.57. The molecule has 0 spiro atoms. The molecule has 0 saturated carbocycles. The number of fused-ring (bicyclic) bond motifs is 1. The molecule has 138 valence electrons. The van der Waals surface area contributed by atoms with E-state index in [0.29, 0.717) is 16.9 Å². The fourth-order valence-corrected chi connectivity index (χ4v) is 2.43. The first-order valence-electron chi connectivity index (χ1n) is 8.07. The van der Waals surface area contributed by atoms with Gasteiger partial charge in [0.25, 0.3) is 0 Å². The normalized spacial score (nSPS) is 11.9. The summed E-state index contributed by atoms with van der Waals surface area (Å²) in [6.45, 7) is 1.69. The van der Waals surface area contributed by atoms with Gasteiger partial charge >= 0.3 is 12.1 Å². The van der Waals surface area contributed by atoms with Crippen LogP contribution in [-0.2, 0) is 22.3 Å². The van der Waals surface area contributed by atoms with Crippen LogP contribution in [0.1, 0.15) is 22.5 Å². The molecule has 0 aliphatic rings. The molecule has 0 unspecified atom stereocenters. The molecule has 0 saturated heterocycles. The number of nitrogens with zero attached hydrogens (tertiary/aromatic N) is 2. The van der Waals surface area contributed by atoms with Crippen molar-refractivity contribution < 1.29 is 22.7 Å². The second-order valence-corrected chi connectivity index (χ2v) is 5.81. The number of carbonyl (C=O) groups is 1. The number of carbonyl (C=O) groups excluding carboxylic acids is 1. The monoisotopic (exact) mass is 372 g/mol. The van der Waals surface area contributed by atoms with Gasteiger partial charge in [-0.25, -0.2) is 14.8 Å². The molecule has 0 fully saturated rings. The van der Waals surface area contributed by atoms with E-state index in [4.69, 9.17) is 4.74 Å². The molecular weight excluding hydrogens is 357 g/mol. The number of hydrogen-bond acceptors (Lipinski definition) is 4. The third kappa shape index (κ3) is 4.69. The van der Waals surface area contributed by atoms with Crippen LogP contribution in [0.2, 0.25) is 0 Å². The van der Waals surface area contributed by atoms with Gasteiger partial charge in [0.1, 0.15) is 6.61 Å². The highest BCUT2D eigenvalue weighted by molar-refractivity contribution is 5.87. The topological polar surface area (TPSA) is 52.1 Å². The number of alkyl halides is 3. The fourth-order valence-electron chi connectivity index (χ4n) is 2.43. The number of aryl methyl sites for hydroxylation is 1. The van der Waals surface area contributed by atoms with Crippen LogP contribution in [0, 0.1) is 6.92 Å². The van der Waals surface area contributed by atoms with Crippen molar-refractivity contribution >= 4 is 23.1 Å². The van der Waals surface area contributed by atoms with Crippen molar-refractivity contribution in [3.8, 4) is 0 Å². The van der Waals surface area contributed by atoms with E-state index < -0.39 is 17.7 Å². The van der Waals surface area contributed by atoms with Crippen molar-refractivity contribution in [3.05, 3.63) is 77.1 Å². The highest BCUT2D eigenvalue weighted by Crippen LogP contribution is 2.29. The van der Waals surface area contributed by atoms with Crippen LogP contribution in [0.4, 0.5) is 13.2 Å². The zero-order valence-electron chi connectivity index (χ0n) is 14.3. The van der Waals surface area contributed by atoms with Crippen LogP contribution >= 0.6 is 0 Å². The van der Waals surface area contributed by atoms with Crippen LogP contribution in [0.15, 0.2) is 54.6 Å². The number of para-hydroxylation sites is 2. The first kappa shape index (κ1) is 18.6. The second-order valence-electron chi connectivity index (χ2n) is 5.81. The third-order valence-corrected chi connectivity index (χ3v) is 3.82. The van der Waals surface area contributed by atoms with Crippen LogP contribution in [0.3, 0.4) is 0 Å². The third-order valence-electron chi connectivity index (χ3n) is 3.82. The Morgan fingerprint density at radius 1 is 1.07 bits per heavy atom. The van der Waals surface area contributed by atoms with Gasteiger partial charge in [0.15, 0.2) is 0 Å². The van der Waals surface area contributed by atoms with Gasteiger partial charge in [-0.1, -0.05) is 24.3 Å². The highest BCUT2D eigenvalue weighted by atomic mass is 19.4. The Morgan fingerprint density at radius 3 is 2.48 bits per heavy atom. The lowest BCUT2D eigenvalue weighted by atomic mass is 10.1. The average molecular weight is 372 g/mol. The predicted octanol–water partition coefficient (Wildman–Crippen LogP) is 4.71. The van der Waals surface area contributed by atoms with Crippen molar-refractivity contribution in [1.82, 2.24) is 9.97 Å². The van der Waals surface area contributed by atoms with Crippen molar-refractivity contribution in [2.24, 2.45) is 0 Å². The van der Waals surface area contributed by atoms with Gasteiger partial charge in [-0.3, -0.25) is 0 Å². The van der Waals surface area contributed by atoms with Crippen LogP contribution < -0.4 is 0 Å². The summed E-state index contributed by atoms with van der Waals surface area (Å²) >= 11 is 0. The SMILES string of the molecule is Cc1nc2ccccc2nc1COC(=O)/C=C/c1cccc(C(F)(F)F)c1. The highest BCUT2D eigenvalue weighted by Gasteiger charge is 2.30. The Labute approximate surface area is 153 Å². The summed E-state index contributed by atoms with van der Waals surface area (Å²) in [6.07, 6.45) is -2.08. The Bertz CT molecular complexity index is 1010. The quantitative estimate of drug-likeness (QED) is 0.491. The summed E-state index contributed by atoms with van der Waals surface area (Å²) in [5, 5.41) is 0. The molecule has 0 bridgehead atoms. The molecule has 0 aliphatic heterocycles. The Hall–Kier alpha value is -3.22. The van der Waals surface area contributed by atoms with E-state index in [9.17, 15) is 18.0 Å². The van der Waals surface area contributed by atoms with Gasteiger partial charge in [-0.15, -0.1) is 0 Å². The number of halogens is 3. The Balaban J connectivity index is 1.66. The lowest BCUT2D eigenvalue weighted by Crippen LogP contribution is -2.06. The molecule has 7 heteroatoms. The minimum Gasteiger partial charge on any atom is -0.456 e. The van der Waals surface area contributed by atoms with E-state index in [1.54, 1.807) is 13.0 Å². The van der Waals surface area contributed by atoms with Gasteiger partial charge in [-0.05, 0) is 42.8 Å². The number of esters is 1. The number of hydrogen-bond donors (Lipinski definition) is 0. The standard InChI is InChI=1S/C20H15F3N2O2/c1-13-18(25-17-8-3-2-7-16(17)24-13)12-27-19(26)10-9-14-5-4-6-15(11-14)20(21,22)23/h2-11H,12H2,1H3/b10-9+. The molecule has 0 amide bonds. The molecule has 27 heavy (non-hydrogen) atoms. The van der Waals surface area contributed by atoms with Gasteiger partial charge < -0.3 is 4.74 Å². The summed E-state index contributed by atoms with van der Waals surface area (Å²) < 4.78 is 43.2. The van der Waals surface area contributed by atoms with Crippen molar-refractivity contribution in [2.45, 2.75) is 19.7 Å². The maximum absolute atomic E-state index is 12.7. The summed E-state index contributed by atoms with van der Waals surface area (Å²) in [4.78, 5) is 20.7. The predicted molar refractivity (Wildman–Crippen MR) is 94.5 cm³/mol. The first-order chi connectivity index (χ1) is 12.8. The summed E-state index contributed by atoms with van der Waals surface area (Å²) in [6, 6.07) is 12.0. The molecule has 3 rings (SSSR count). The van der Waals surface area contributed by atoms with E-state index in [2.05, 4.69) is 9.97 Å². The molecule has 2 aromatic carbocycles. The van der Waals surface area contributed by atoms with Crippen LogP contribution in [-0.4, -0.2) is 15.9 Å². The molecule has 0 radical (unpaired) electrons. The lowest BCUT2D eigenvalue weighted by Gasteiger charge is -2.07. The summed E-state index contributed by atoms with van der Waals surface area (Å²) in [5.41, 5.74) is 2.07. The number of ether oxygens (including phenoxy) is 1. The van der Waals surface area contributed by atoms with Crippen molar-refractivity contribution in [3.63, 3.8) is 0 Å². The van der Waals surface area contributed by atoms with E-state index in [-0.39, 0.29) is 12.2 Å². The van der Waals surface area contributed by atoms with E-state index in [1.165, 1.54) is 18.2 Å². The fraction of sp³-hybridized carbons (Fsp3) is 0.150. The van der Waals surface area contributed by atoms with E-state index in [1.807, 2.05) is 18.2 Å². The molecule has 1 heterocycles. The summed E-state index contributed by atoms with van der Waals surface area (Å²) in [7, 11) is 0. The number of rotatable bonds is 4. The Kier molecular flexibility index (Phi) is 5.21. The molecule has 3 aromatic rings. The molecular formula is C20H15F3N2O2. The average Bonchev–Trinajstić information content (AvgIpc) is 2.64. The summed E-state index contributed by atoms with van der Waals surface area (Å²) in [5.74, 6) is -0.679.